The molecule has 0 saturated heterocycles. The Bertz CT molecular complexity index is 466. The lowest BCUT2D eigenvalue weighted by atomic mass is 9.90. The molecule has 92 valence electrons. The number of carbonyl (C=O) groups is 1. The number of hydrogen-bond donors (Lipinski definition) is 1. The normalized spacial score (nSPS) is 18.0. The van der Waals surface area contributed by atoms with E-state index in [1.54, 1.807) is 0 Å². The smallest absolute Gasteiger partial charge is 0.226 e. The number of anilines is 1. The lowest BCUT2D eigenvalue weighted by molar-refractivity contribution is -0.118. The molecule has 0 saturated carbocycles. The van der Waals surface area contributed by atoms with E-state index < -0.39 is 0 Å². The second-order valence-electron chi connectivity index (χ2n) is 5.10. The van der Waals surface area contributed by atoms with Crippen LogP contribution in [0, 0.1) is 11.8 Å². The second-order valence-corrected chi connectivity index (χ2v) is 5.10. The highest BCUT2D eigenvalue weighted by Gasteiger charge is 2.12. The Kier molecular flexibility index (Phi) is 3.32. The molecule has 1 aliphatic carbocycles. The van der Waals surface area contributed by atoms with E-state index in [-0.39, 0.29) is 13.3 Å². The average Bonchev–Trinajstić information content (AvgIpc) is 2.29. The number of benzene rings is 1. The molecule has 1 unspecified atom stereocenters. The van der Waals surface area contributed by atoms with Gasteiger partial charge in [-0.2, -0.15) is 0 Å². The molecule has 0 aliphatic heterocycles. The van der Waals surface area contributed by atoms with Crippen LogP contribution < -0.4 is 5.32 Å². The predicted molar refractivity (Wildman–Crippen MR) is 73.9 cm³/mol. The zero-order valence-electron chi connectivity index (χ0n) is 10.7. The van der Waals surface area contributed by atoms with Crippen LogP contribution in [0.3, 0.4) is 0 Å². The van der Waals surface area contributed by atoms with E-state index in [2.05, 4.69) is 36.5 Å². The van der Waals surface area contributed by atoms with Gasteiger partial charge < -0.3 is 5.32 Å². The standard InChI is InChI=1S/C15H19NO.H2/c1-10(2)15(17)16-14-7-6-12-8-11(3)4-5-13(12)9-14;/h4-7,9-11H,8H2,1-3H3,(H,16,17);1H. The highest BCUT2D eigenvalue weighted by Crippen LogP contribution is 2.25. The number of carbonyl (C=O) groups excluding carboxylic acids is 1. The second kappa shape index (κ2) is 4.74. The van der Waals surface area contributed by atoms with Crippen LogP contribution in [0.1, 0.15) is 33.3 Å². The van der Waals surface area contributed by atoms with Crippen molar-refractivity contribution in [1.29, 1.82) is 0 Å². The van der Waals surface area contributed by atoms with Gasteiger partial charge in [-0.25, -0.2) is 0 Å². The van der Waals surface area contributed by atoms with Gasteiger partial charge >= 0.3 is 0 Å². The maximum Gasteiger partial charge on any atom is 0.226 e. The van der Waals surface area contributed by atoms with Gasteiger partial charge in [-0.05, 0) is 35.6 Å². The molecule has 0 spiro atoms. The van der Waals surface area contributed by atoms with Gasteiger partial charge in [-0.15, -0.1) is 0 Å². The minimum atomic E-state index is 0. The molecular weight excluding hydrogens is 210 g/mol. The molecule has 1 N–H and O–H groups in total. The van der Waals surface area contributed by atoms with Crippen molar-refractivity contribution in [3.8, 4) is 0 Å². The first-order valence-corrected chi connectivity index (χ1v) is 6.18. The van der Waals surface area contributed by atoms with Crippen LogP contribution in [0.2, 0.25) is 0 Å². The lowest BCUT2D eigenvalue weighted by Crippen LogP contribution is -2.18. The monoisotopic (exact) mass is 231 g/mol. The highest BCUT2D eigenvalue weighted by molar-refractivity contribution is 5.92. The lowest BCUT2D eigenvalue weighted by Gasteiger charge is -2.17. The van der Waals surface area contributed by atoms with E-state index in [0.29, 0.717) is 5.92 Å². The minimum absolute atomic E-state index is 0. The number of hydrogen-bond acceptors (Lipinski definition) is 1. The molecule has 0 aromatic heterocycles. The molecule has 1 aromatic rings. The van der Waals surface area contributed by atoms with Crippen molar-refractivity contribution >= 4 is 17.7 Å². The topological polar surface area (TPSA) is 29.1 Å². The van der Waals surface area contributed by atoms with Crippen molar-refractivity contribution in [2.45, 2.75) is 27.2 Å². The van der Waals surface area contributed by atoms with Crippen LogP contribution in [0.4, 0.5) is 5.69 Å². The van der Waals surface area contributed by atoms with Crippen LogP contribution in [0.25, 0.3) is 6.08 Å². The third-order valence-corrected chi connectivity index (χ3v) is 3.08. The Morgan fingerprint density at radius 2 is 2.24 bits per heavy atom. The fourth-order valence-electron chi connectivity index (χ4n) is 1.98. The number of amides is 1. The number of allylic oxidation sites excluding steroid dienone is 1. The maximum absolute atomic E-state index is 11.6. The number of nitrogens with one attached hydrogen (secondary N) is 1. The van der Waals surface area contributed by atoms with Crippen LogP contribution in [-0.4, -0.2) is 5.91 Å². The molecule has 0 fully saturated rings. The third-order valence-electron chi connectivity index (χ3n) is 3.08. The van der Waals surface area contributed by atoms with Gasteiger partial charge in [-0.1, -0.05) is 39.0 Å². The average molecular weight is 231 g/mol. The summed E-state index contributed by atoms with van der Waals surface area (Å²) < 4.78 is 0. The van der Waals surface area contributed by atoms with Crippen molar-refractivity contribution < 1.29 is 6.22 Å². The van der Waals surface area contributed by atoms with Gasteiger partial charge in [0.25, 0.3) is 0 Å². The number of fused-ring (bicyclic) bond motifs is 1. The summed E-state index contributed by atoms with van der Waals surface area (Å²) >= 11 is 0. The van der Waals surface area contributed by atoms with Crippen molar-refractivity contribution in [3.63, 3.8) is 0 Å². The molecule has 2 rings (SSSR count). The summed E-state index contributed by atoms with van der Waals surface area (Å²) in [6.45, 7) is 6.01. The Balaban J connectivity index is 0.00000162. The zero-order valence-corrected chi connectivity index (χ0v) is 10.7. The molecular formula is C15H21NO. The molecule has 1 aromatic carbocycles. The van der Waals surface area contributed by atoms with Gasteiger partial charge in [0.15, 0.2) is 0 Å². The quantitative estimate of drug-likeness (QED) is 0.825. The van der Waals surface area contributed by atoms with Gasteiger partial charge in [0.2, 0.25) is 5.91 Å². The fourth-order valence-corrected chi connectivity index (χ4v) is 1.98. The van der Waals surface area contributed by atoms with Gasteiger partial charge in [0.05, 0.1) is 0 Å². The summed E-state index contributed by atoms with van der Waals surface area (Å²) in [7, 11) is 0. The minimum Gasteiger partial charge on any atom is -0.326 e. The highest BCUT2D eigenvalue weighted by atomic mass is 16.1. The van der Waals surface area contributed by atoms with Crippen molar-refractivity contribution in [2.24, 2.45) is 11.8 Å². The van der Waals surface area contributed by atoms with Gasteiger partial charge in [-0.3, -0.25) is 4.79 Å². The Hall–Kier alpha value is -1.57. The summed E-state index contributed by atoms with van der Waals surface area (Å²) in [5.74, 6) is 0.693. The van der Waals surface area contributed by atoms with Crippen molar-refractivity contribution in [3.05, 3.63) is 35.4 Å². The van der Waals surface area contributed by atoms with Crippen LogP contribution in [0.5, 0.6) is 0 Å². The predicted octanol–water partition coefficient (Wildman–Crippen LogP) is 3.73. The van der Waals surface area contributed by atoms with E-state index >= 15 is 0 Å². The van der Waals surface area contributed by atoms with Crippen LogP contribution >= 0.6 is 0 Å². The SMILES string of the molecule is CC1C=Cc2cc(NC(=O)C(C)C)ccc2C1.[HH]. The Labute approximate surface area is 104 Å². The summed E-state index contributed by atoms with van der Waals surface area (Å²) in [5, 5.41) is 2.93. The summed E-state index contributed by atoms with van der Waals surface area (Å²) in [6.07, 6.45) is 5.45. The molecule has 1 amide bonds. The summed E-state index contributed by atoms with van der Waals surface area (Å²) in [4.78, 5) is 11.6. The van der Waals surface area contributed by atoms with E-state index in [9.17, 15) is 4.79 Å². The molecule has 0 bridgehead atoms. The van der Waals surface area contributed by atoms with Gasteiger partial charge in [0.1, 0.15) is 0 Å². The molecule has 17 heavy (non-hydrogen) atoms. The number of rotatable bonds is 2. The van der Waals surface area contributed by atoms with Crippen LogP contribution in [0.15, 0.2) is 24.3 Å². The van der Waals surface area contributed by atoms with E-state index in [1.165, 1.54) is 11.1 Å². The van der Waals surface area contributed by atoms with Gasteiger partial charge in [0, 0.05) is 13.0 Å². The first-order valence-electron chi connectivity index (χ1n) is 6.18. The molecule has 2 heteroatoms. The largest absolute Gasteiger partial charge is 0.326 e. The Morgan fingerprint density at radius 1 is 1.47 bits per heavy atom. The summed E-state index contributed by atoms with van der Waals surface area (Å²) in [5.41, 5.74) is 3.48. The van der Waals surface area contributed by atoms with E-state index in [1.807, 2.05) is 19.9 Å². The van der Waals surface area contributed by atoms with E-state index in [0.717, 1.165) is 12.1 Å². The fraction of sp³-hybridized carbons (Fsp3) is 0.400. The molecule has 0 heterocycles. The maximum atomic E-state index is 11.6. The molecule has 2 nitrogen and oxygen atoms in total. The summed E-state index contributed by atoms with van der Waals surface area (Å²) in [6, 6.07) is 6.16. The zero-order chi connectivity index (χ0) is 12.4. The van der Waals surface area contributed by atoms with Crippen molar-refractivity contribution in [1.82, 2.24) is 0 Å². The van der Waals surface area contributed by atoms with Crippen molar-refractivity contribution in [2.75, 3.05) is 5.32 Å². The molecule has 1 atom stereocenters. The van der Waals surface area contributed by atoms with Crippen LogP contribution in [-0.2, 0) is 11.2 Å². The molecule has 0 radical (unpaired) electrons. The first kappa shape index (κ1) is 11.9. The molecule has 1 aliphatic rings. The first-order chi connectivity index (χ1) is 8.06. The van der Waals surface area contributed by atoms with E-state index in [4.69, 9.17) is 0 Å². The third kappa shape index (κ3) is 2.76. The Morgan fingerprint density at radius 3 is 2.94 bits per heavy atom.